The van der Waals surface area contributed by atoms with Gasteiger partial charge in [-0.25, -0.2) is 4.90 Å². The number of fused-ring (bicyclic) bond motifs is 1. The zero-order valence-corrected chi connectivity index (χ0v) is 13.9. The summed E-state index contributed by atoms with van der Waals surface area (Å²) in [6.45, 7) is 0. The number of hydrogen-bond acceptors (Lipinski definition) is 2. The number of halogens is 1. The summed E-state index contributed by atoms with van der Waals surface area (Å²) in [5.41, 5.74) is 1.77. The fourth-order valence-corrected chi connectivity index (χ4v) is 4.30. The van der Waals surface area contributed by atoms with Crippen molar-refractivity contribution in [2.24, 2.45) is 11.8 Å². The Morgan fingerprint density at radius 1 is 0.833 bits per heavy atom. The lowest BCUT2D eigenvalue weighted by molar-refractivity contribution is -0.122. The maximum absolute atomic E-state index is 12.9. The first-order valence-corrected chi connectivity index (χ1v) is 8.72. The van der Waals surface area contributed by atoms with Gasteiger partial charge in [0.2, 0.25) is 11.8 Å². The number of carbonyl (C=O) groups excluding carboxylic acids is 2. The van der Waals surface area contributed by atoms with E-state index in [0.29, 0.717) is 16.6 Å². The third-order valence-corrected chi connectivity index (χ3v) is 5.61. The van der Waals surface area contributed by atoms with E-state index in [1.165, 1.54) is 10.5 Å². The van der Waals surface area contributed by atoms with Crippen LogP contribution < -0.4 is 4.90 Å². The second-order valence-electron chi connectivity index (χ2n) is 6.60. The monoisotopic (exact) mass is 339 g/mol. The Morgan fingerprint density at radius 3 is 2.25 bits per heavy atom. The molecular formula is C20H18ClNO2. The summed E-state index contributed by atoms with van der Waals surface area (Å²) in [7, 11) is 0. The molecule has 1 heterocycles. The van der Waals surface area contributed by atoms with Crippen molar-refractivity contribution in [3.63, 3.8) is 0 Å². The predicted molar refractivity (Wildman–Crippen MR) is 94.0 cm³/mol. The standard InChI is InChI=1S/C20H18ClNO2/c21-17-8-4-5-9-18(17)22-19(23)15-11-10-14(12-16(15)20(22)24)13-6-2-1-3-7-13/h1-9,14-16H,10-12H2/t14-,15-,16+/m1/s1. The van der Waals surface area contributed by atoms with Crippen molar-refractivity contribution in [3.8, 4) is 0 Å². The smallest absolute Gasteiger partial charge is 0.237 e. The number of rotatable bonds is 2. The van der Waals surface area contributed by atoms with Gasteiger partial charge in [-0.2, -0.15) is 0 Å². The van der Waals surface area contributed by atoms with Crippen LogP contribution in [-0.2, 0) is 9.59 Å². The molecule has 4 heteroatoms. The maximum atomic E-state index is 12.9. The summed E-state index contributed by atoms with van der Waals surface area (Å²) in [5, 5.41) is 0.442. The summed E-state index contributed by atoms with van der Waals surface area (Å²) in [5.74, 6) is -0.278. The summed E-state index contributed by atoms with van der Waals surface area (Å²) < 4.78 is 0. The number of imide groups is 1. The first-order chi connectivity index (χ1) is 11.7. The van der Waals surface area contributed by atoms with Crippen molar-refractivity contribution in [2.75, 3.05) is 4.90 Å². The van der Waals surface area contributed by atoms with Crippen molar-refractivity contribution in [1.29, 1.82) is 0 Å². The topological polar surface area (TPSA) is 37.4 Å². The highest BCUT2D eigenvalue weighted by molar-refractivity contribution is 6.36. The molecule has 1 saturated heterocycles. The van der Waals surface area contributed by atoms with Gasteiger partial charge in [0, 0.05) is 0 Å². The molecule has 1 aliphatic carbocycles. The Morgan fingerprint density at radius 2 is 1.50 bits per heavy atom. The van der Waals surface area contributed by atoms with Gasteiger partial charge in [-0.15, -0.1) is 0 Å². The number of carbonyl (C=O) groups is 2. The van der Waals surface area contributed by atoms with Crippen LogP contribution in [0.15, 0.2) is 54.6 Å². The molecule has 0 unspecified atom stereocenters. The van der Waals surface area contributed by atoms with E-state index in [1.807, 2.05) is 18.2 Å². The van der Waals surface area contributed by atoms with Gasteiger partial charge in [0.15, 0.2) is 0 Å². The summed E-state index contributed by atoms with van der Waals surface area (Å²) in [6, 6.07) is 17.3. The normalized spacial score (nSPS) is 26.5. The second kappa shape index (κ2) is 6.06. The fraction of sp³-hybridized carbons (Fsp3) is 0.300. The maximum Gasteiger partial charge on any atom is 0.237 e. The van der Waals surface area contributed by atoms with Gasteiger partial charge in [0.1, 0.15) is 0 Å². The highest BCUT2D eigenvalue weighted by atomic mass is 35.5. The van der Waals surface area contributed by atoms with Crippen LogP contribution in [0.25, 0.3) is 0 Å². The molecule has 2 aromatic carbocycles. The third kappa shape index (κ3) is 2.44. The first kappa shape index (κ1) is 15.4. The number of nitrogens with zero attached hydrogens (tertiary/aromatic N) is 1. The molecule has 3 atom stereocenters. The van der Waals surface area contributed by atoms with E-state index in [4.69, 9.17) is 11.6 Å². The van der Waals surface area contributed by atoms with E-state index in [1.54, 1.807) is 24.3 Å². The molecular weight excluding hydrogens is 322 g/mol. The van der Waals surface area contributed by atoms with E-state index >= 15 is 0 Å². The lowest BCUT2D eigenvalue weighted by Crippen LogP contribution is -2.31. The lowest BCUT2D eigenvalue weighted by atomic mass is 9.73. The zero-order valence-electron chi connectivity index (χ0n) is 13.2. The van der Waals surface area contributed by atoms with E-state index in [-0.39, 0.29) is 23.7 Å². The highest BCUT2D eigenvalue weighted by Crippen LogP contribution is 2.46. The minimum Gasteiger partial charge on any atom is -0.274 e. The largest absolute Gasteiger partial charge is 0.274 e. The predicted octanol–water partition coefficient (Wildman–Crippen LogP) is 4.41. The van der Waals surface area contributed by atoms with E-state index in [2.05, 4.69) is 12.1 Å². The number of para-hydroxylation sites is 1. The van der Waals surface area contributed by atoms with E-state index < -0.39 is 0 Å². The Kier molecular flexibility index (Phi) is 3.89. The molecule has 0 spiro atoms. The van der Waals surface area contributed by atoms with Crippen LogP contribution in [0.4, 0.5) is 5.69 Å². The molecule has 0 N–H and O–H groups in total. The minimum atomic E-state index is -0.229. The lowest BCUT2D eigenvalue weighted by Gasteiger charge is -2.28. The molecule has 122 valence electrons. The molecule has 2 aliphatic rings. The van der Waals surface area contributed by atoms with E-state index in [0.717, 1.165) is 19.3 Å². The van der Waals surface area contributed by atoms with Crippen LogP contribution in [0.3, 0.4) is 0 Å². The van der Waals surface area contributed by atoms with E-state index in [9.17, 15) is 9.59 Å². The van der Waals surface area contributed by atoms with Gasteiger partial charge >= 0.3 is 0 Å². The Hall–Kier alpha value is -2.13. The van der Waals surface area contributed by atoms with Crippen LogP contribution in [0.5, 0.6) is 0 Å². The minimum absolute atomic E-state index is 0.0930. The average Bonchev–Trinajstić information content (AvgIpc) is 2.87. The number of benzene rings is 2. The molecule has 2 fully saturated rings. The quantitative estimate of drug-likeness (QED) is 0.760. The number of anilines is 1. The molecule has 0 radical (unpaired) electrons. The summed E-state index contributed by atoms with van der Waals surface area (Å²) >= 11 is 6.21. The second-order valence-corrected chi connectivity index (χ2v) is 7.00. The molecule has 4 rings (SSSR count). The van der Waals surface area contributed by atoms with Crippen molar-refractivity contribution < 1.29 is 9.59 Å². The molecule has 0 aromatic heterocycles. The molecule has 24 heavy (non-hydrogen) atoms. The van der Waals surface area contributed by atoms with Gasteiger partial charge in [0.25, 0.3) is 0 Å². The number of hydrogen-bond donors (Lipinski definition) is 0. The van der Waals surface area contributed by atoms with Crippen molar-refractivity contribution in [2.45, 2.75) is 25.2 Å². The third-order valence-electron chi connectivity index (χ3n) is 5.29. The first-order valence-electron chi connectivity index (χ1n) is 8.34. The molecule has 0 bridgehead atoms. The zero-order chi connectivity index (χ0) is 16.7. The van der Waals surface area contributed by atoms with Crippen LogP contribution >= 0.6 is 11.6 Å². The molecule has 1 saturated carbocycles. The highest BCUT2D eigenvalue weighted by Gasteiger charge is 2.51. The molecule has 2 aromatic rings. The molecule has 1 aliphatic heterocycles. The van der Waals surface area contributed by atoms with Gasteiger partial charge in [-0.1, -0.05) is 54.1 Å². The van der Waals surface area contributed by atoms with Crippen molar-refractivity contribution in [1.82, 2.24) is 0 Å². The van der Waals surface area contributed by atoms with Gasteiger partial charge < -0.3 is 0 Å². The van der Waals surface area contributed by atoms with Gasteiger partial charge in [0.05, 0.1) is 22.5 Å². The number of amides is 2. The SMILES string of the molecule is O=C1[C@H]2C[C@H](c3ccccc3)CC[C@H]2C(=O)N1c1ccccc1Cl. The van der Waals surface area contributed by atoms with Crippen LogP contribution in [-0.4, -0.2) is 11.8 Å². The van der Waals surface area contributed by atoms with Crippen LogP contribution in [0.1, 0.15) is 30.7 Å². The van der Waals surface area contributed by atoms with Crippen LogP contribution in [0, 0.1) is 11.8 Å². The van der Waals surface area contributed by atoms with Gasteiger partial charge in [-0.3, -0.25) is 9.59 Å². The van der Waals surface area contributed by atoms with Gasteiger partial charge in [-0.05, 0) is 42.9 Å². The Bertz CT molecular complexity index is 789. The molecule has 3 nitrogen and oxygen atoms in total. The van der Waals surface area contributed by atoms with Crippen LogP contribution in [0.2, 0.25) is 5.02 Å². The Balaban J connectivity index is 1.63. The summed E-state index contributed by atoms with van der Waals surface area (Å²) in [6.07, 6.45) is 2.44. The van der Waals surface area contributed by atoms with Crippen molar-refractivity contribution in [3.05, 3.63) is 65.2 Å². The Labute approximate surface area is 146 Å². The van der Waals surface area contributed by atoms with Crippen molar-refractivity contribution >= 4 is 29.1 Å². The summed E-state index contributed by atoms with van der Waals surface area (Å²) in [4.78, 5) is 27.0. The average molecular weight is 340 g/mol. The molecule has 2 amide bonds. The fourth-order valence-electron chi connectivity index (χ4n) is 4.08.